The third-order valence-corrected chi connectivity index (χ3v) is 4.25. The molecule has 0 radical (unpaired) electrons. The maximum Gasteiger partial charge on any atom is 0.445 e. The van der Waals surface area contributed by atoms with Gasteiger partial charge in [-0.2, -0.15) is 18.3 Å². The standard InChI is InChI=1S/C12H14F3N5OS/c1-20-6-7(5-16-20)9-8(3-2-4-21-9)17-11-19-18-10(22-11)12(13,14)15/h5-6,8-9H,2-4H2,1H3,(H,17,19)/t8-,9+/m1/s1. The van der Waals surface area contributed by atoms with Crippen LogP contribution in [0.1, 0.15) is 29.5 Å². The highest BCUT2D eigenvalue weighted by Crippen LogP contribution is 2.35. The Morgan fingerprint density at radius 3 is 2.86 bits per heavy atom. The van der Waals surface area contributed by atoms with Crippen LogP contribution in [0.4, 0.5) is 18.3 Å². The predicted octanol–water partition coefficient (Wildman–Crippen LogP) is 2.62. The molecule has 6 nitrogen and oxygen atoms in total. The first kappa shape index (κ1) is 15.2. The number of hydrogen-bond acceptors (Lipinski definition) is 6. The van der Waals surface area contributed by atoms with E-state index < -0.39 is 11.2 Å². The van der Waals surface area contributed by atoms with Crippen molar-refractivity contribution in [2.75, 3.05) is 11.9 Å². The summed E-state index contributed by atoms with van der Waals surface area (Å²) in [6, 6.07) is -0.160. The average Bonchev–Trinajstić information content (AvgIpc) is 3.08. The molecule has 0 saturated carbocycles. The van der Waals surface area contributed by atoms with Gasteiger partial charge in [-0.15, -0.1) is 10.2 Å². The zero-order valence-electron chi connectivity index (χ0n) is 11.7. The largest absolute Gasteiger partial charge is 0.445 e. The van der Waals surface area contributed by atoms with E-state index in [0.29, 0.717) is 17.9 Å². The van der Waals surface area contributed by atoms with Crippen LogP contribution in [0.3, 0.4) is 0 Å². The number of alkyl halides is 3. The van der Waals surface area contributed by atoms with E-state index in [1.54, 1.807) is 17.9 Å². The van der Waals surface area contributed by atoms with Crippen molar-refractivity contribution in [2.24, 2.45) is 7.05 Å². The fourth-order valence-electron chi connectivity index (χ4n) is 2.40. The molecule has 10 heteroatoms. The summed E-state index contributed by atoms with van der Waals surface area (Å²) in [7, 11) is 1.80. The molecular weight excluding hydrogens is 319 g/mol. The molecule has 0 unspecified atom stereocenters. The number of aryl methyl sites for hydroxylation is 1. The van der Waals surface area contributed by atoms with E-state index in [1.807, 2.05) is 6.20 Å². The molecule has 1 N–H and O–H groups in total. The Kier molecular flexibility index (Phi) is 4.04. The van der Waals surface area contributed by atoms with E-state index in [2.05, 4.69) is 20.6 Å². The SMILES string of the molecule is Cn1cc([C@@H]2OCCC[C@H]2Nc2nnc(C(F)(F)F)s2)cn1. The van der Waals surface area contributed by atoms with Crippen molar-refractivity contribution >= 4 is 16.5 Å². The van der Waals surface area contributed by atoms with Crippen molar-refractivity contribution in [3.63, 3.8) is 0 Å². The fraction of sp³-hybridized carbons (Fsp3) is 0.583. The molecule has 0 amide bonds. The predicted molar refractivity (Wildman–Crippen MR) is 73.5 cm³/mol. The molecule has 2 atom stereocenters. The molecule has 3 heterocycles. The molecule has 22 heavy (non-hydrogen) atoms. The number of nitrogens with zero attached hydrogens (tertiary/aromatic N) is 4. The molecule has 120 valence electrons. The molecular formula is C12H14F3N5OS. The Labute approximate surface area is 128 Å². The van der Waals surface area contributed by atoms with Crippen molar-refractivity contribution in [1.29, 1.82) is 0 Å². The van der Waals surface area contributed by atoms with Crippen LogP contribution in [-0.2, 0) is 18.0 Å². The molecule has 1 aliphatic rings. The lowest BCUT2D eigenvalue weighted by atomic mass is 9.98. The zero-order valence-corrected chi connectivity index (χ0v) is 12.5. The van der Waals surface area contributed by atoms with Crippen molar-refractivity contribution in [1.82, 2.24) is 20.0 Å². The van der Waals surface area contributed by atoms with Gasteiger partial charge in [0.2, 0.25) is 10.1 Å². The smallest absolute Gasteiger partial charge is 0.371 e. The Hall–Kier alpha value is -1.68. The van der Waals surface area contributed by atoms with Crippen molar-refractivity contribution < 1.29 is 17.9 Å². The molecule has 1 saturated heterocycles. The molecule has 1 fully saturated rings. The van der Waals surface area contributed by atoms with Crippen LogP contribution < -0.4 is 5.32 Å². The van der Waals surface area contributed by atoms with Crippen LogP contribution in [-0.4, -0.2) is 32.6 Å². The van der Waals surface area contributed by atoms with Gasteiger partial charge in [0.25, 0.3) is 0 Å². The van der Waals surface area contributed by atoms with Gasteiger partial charge >= 0.3 is 6.18 Å². The lowest BCUT2D eigenvalue weighted by Crippen LogP contribution is -2.33. The van der Waals surface area contributed by atoms with Gasteiger partial charge in [0.1, 0.15) is 6.10 Å². The van der Waals surface area contributed by atoms with Gasteiger partial charge in [-0.3, -0.25) is 4.68 Å². The van der Waals surface area contributed by atoms with Gasteiger partial charge in [0, 0.05) is 25.4 Å². The second-order valence-corrected chi connectivity index (χ2v) is 6.02. The maximum absolute atomic E-state index is 12.6. The second-order valence-electron chi connectivity index (χ2n) is 5.04. The summed E-state index contributed by atoms with van der Waals surface area (Å²) in [4.78, 5) is 0. The monoisotopic (exact) mass is 333 g/mol. The maximum atomic E-state index is 12.6. The van der Waals surface area contributed by atoms with Gasteiger partial charge in [0.05, 0.1) is 12.2 Å². The highest BCUT2D eigenvalue weighted by Gasteiger charge is 2.36. The normalized spacial score (nSPS) is 22.7. The highest BCUT2D eigenvalue weighted by atomic mass is 32.1. The molecule has 0 aromatic carbocycles. The topological polar surface area (TPSA) is 64.9 Å². The van der Waals surface area contributed by atoms with Crippen LogP contribution in [0.5, 0.6) is 0 Å². The Bertz CT molecular complexity index is 641. The van der Waals surface area contributed by atoms with E-state index in [4.69, 9.17) is 4.74 Å². The molecule has 0 bridgehead atoms. The van der Waals surface area contributed by atoms with Crippen molar-refractivity contribution in [3.05, 3.63) is 23.0 Å². The van der Waals surface area contributed by atoms with E-state index in [0.717, 1.165) is 18.4 Å². The van der Waals surface area contributed by atoms with Crippen LogP contribution in [0.2, 0.25) is 0 Å². The van der Waals surface area contributed by atoms with Gasteiger partial charge in [0.15, 0.2) is 0 Å². The number of rotatable bonds is 3. The number of nitrogens with one attached hydrogen (secondary N) is 1. The highest BCUT2D eigenvalue weighted by molar-refractivity contribution is 7.15. The number of hydrogen-bond donors (Lipinski definition) is 1. The lowest BCUT2D eigenvalue weighted by molar-refractivity contribution is -0.138. The summed E-state index contributed by atoms with van der Waals surface area (Å²) >= 11 is 0.501. The number of halogens is 3. The van der Waals surface area contributed by atoms with E-state index in [1.165, 1.54) is 0 Å². The molecule has 2 aromatic heterocycles. The summed E-state index contributed by atoms with van der Waals surface area (Å²) < 4.78 is 45.1. The Balaban J connectivity index is 1.75. The average molecular weight is 333 g/mol. The van der Waals surface area contributed by atoms with Gasteiger partial charge < -0.3 is 10.1 Å². The van der Waals surface area contributed by atoms with E-state index in [-0.39, 0.29) is 17.3 Å². The van der Waals surface area contributed by atoms with Crippen LogP contribution in [0.25, 0.3) is 0 Å². The first-order valence-corrected chi connectivity index (χ1v) is 7.52. The summed E-state index contributed by atoms with van der Waals surface area (Å²) in [6.07, 6.45) is 0.418. The number of aromatic nitrogens is 4. The van der Waals surface area contributed by atoms with Crippen LogP contribution >= 0.6 is 11.3 Å². The quantitative estimate of drug-likeness (QED) is 0.935. The number of ether oxygens (including phenoxy) is 1. The first-order valence-electron chi connectivity index (χ1n) is 6.71. The van der Waals surface area contributed by atoms with Crippen LogP contribution in [0, 0.1) is 0 Å². The summed E-state index contributed by atoms with van der Waals surface area (Å²) in [5.74, 6) is 0. The summed E-state index contributed by atoms with van der Waals surface area (Å²) in [5.41, 5.74) is 0.889. The van der Waals surface area contributed by atoms with Crippen LogP contribution in [0.15, 0.2) is 12.4 Å². The first-order chi connectivity index (χ1) is 10.4. The third kappa shape index (κ3) is 3.22. The van der Waals surface area contributed by atoms with Gasteiger partial charge in [-0.05, 0) is 12.8 Å². The molecule has 2 aromatic rings. The van der Waals surface area contributed by atoms with Crippen molar-refractivity contribution in [3.8, 4) is 0 Å². The lowest BCUT2D eigenvalue weighted by Gasteiger charge is -2.31. The van der Waals surface area contributed by atoms with Crippen molar-refractivity contribution in [2.45, 2.75) is 31.2 Å². The molecule has 3 rings (SSSR count). The molecule has 0 aliphatic carbocycles. The molecule has 1 aliphatic heterocycles. The minimum absolute atomic E-state index is 0.150. The fourth-order valence-corrected chi connectivity index (χ4v) is 3.07. The van der Waals surface area contributed by atoms with E-state index in [9.17, 15) is 13.2 Å². The summed E-state index contributed by atoms with van der Waals surface area (Å²) in [5, 5.41) is 13.1. The van der Waals surface area contributed by atoms with Gasteiger partial charge in [-0.1, -0.05) is 11.3 Å². The minimum atomic E-state index is -4.47. The zero-order chi connectivity index (χ0) is 15.7. The third-order valence-electron chi connectivity index (χ3n) is 3.35. The minimum Gasteiger partial charge on any atom is -0.371 e. The number of anilines is 1. The summed E-state index contributed by atoms with van der Waals surface area (Å²) in [6.45, 7) is 0.613. The molecule has 0 spiro atoms. The second kappa shape index (κ2) is 5.84. The Morgan fingerprint density at radius 1 is 1.41 bits per heavy atom. The van der Waals surface area contributed by atoms with E-state index >= 15 is 0 Å². The van der Waals surface area contributed by atoms with Gasteiger partial charge in [-0.25, -0.2) is 0 Å². The Morgan fingerprint density at radius 2 is 2.23 bits per heavy atom.